The number of hydrogen-bond acceptors (Lipinski definition) is 6. The fourth-order valence-corrected chi connectivity index (χ4v) is 3.66. The first kappa shape index (κ1) is 27.9. The van der Waals surface area contributed by atoms with Gasteiger partial charge in [-0.1, -0.05) is 25.5 Å². The minimum Gasteiger partial charge on any atom is -0.508 e. The van der Waals surface area contributed by atoms with E-state index in [4.69, 9.17) is 10.5 Å². The molecule has 194 valence electrons. The van der Waals surface area contributed by atoms with Crippen LogP contribution in [-0.4, -0.2) is 58.1 Å². The summed E-state index contributed by atoms with van der Waals surface area (Å²) in [5, 5.41) is 15.5. The molecule has 0 heterocycles. The van der Waals surface area contributed by atoms with Gasteiger partial charge in [-0.3, -0.25) is 14.4 Å². The average molecular weight is 491 g/mol. The lowest BCUT2D eigenvalue weighted by molar-refractivity contribution is -0.143. The van der Waals surface area contributed by atoms with E-state index >= 15 is 0 Å². The maximum Gasteiger partial charge on any atom is 0.408 e. The Balaban J connectivity index is 2.40. The predicted octanol–water partition coefficient (Wildman–Crippen LogP) is 2.50. The number of aromatic hydroxyl groups is 1. The summed E-state index contributed by atoms with van der Waals surface area (Å²) in [6, 6.07) is 3.85. The first-order valence-corrected chi connectivity index (χ1v) is 12.1. The number of phenolic OH excluding ortho intramolecular Hbond substituents is 1. The normalized spacial score (nSPS) is 15.0. The molecular weight excluding hydrogens is 452 g/mol. The topological polar surface area (TPSA) is 151 Å². The maximum atomic E-state index is 13.8. The summed E-state index contributed by atoms with van der Waals surface area (Å²) in [6.07, 6.45) is 2.06. The molecule has 0 saturated heterocycles. The van der Waals surface area contributed by atoms with Crippen LogP contribution in [0.4, 0.5) is 4.79 Å². The lowest BCUT2D eigenvalue weighted by atomic mass is 10.0. The van der Waals surface area contributed by atoms with Gasteiger partial charge in [0.05, 0.1) is 0 Å². The van der Waals surface area contributed by atoms with Gasteiger partial charge in [0.2, 0.25) is 17.7 Å². The smallest absolute Gasteiger partial charge is 0.408 e. The van der Waals surface area contributed by atoms with Gasteiger partial charge in [0.25, 0.3) is 0 Å². The van der Waals surface area contributed by atoms with Crippen molar-refractivity contribution < 1.29 is 29.0 Å². The highest BCUT2D eigenvalue weighted by molar-refractivity contribution is 5.93. The number of nitrogens with zero attached hydrogens (tertiary/aromatic N) is 1. The van der Waals surface area contributed by atoms with E-state index in [1.165, 1.54) is 17.0 Å². The molecule has 35 heavy (non-hydrogen) atoms. The van der Waals surface area contributed by atoms with E-state index in [2.05, 4.69) is 10.6 Å². The van der Waals surface area contributed by atoms with Crippen LogP contribution >= 0.6 is 0 Å². The third kappa shape index (κ3) is 9.11. The Morgan fingerprint density at radius 2 is 1.91 bits per heavy atom. The Morgan fingerprint density at radius 1 is 1.23 bits per heavy atom. The third-order valence-electron chi connectivity index (χ3n) is 5.41. The first-order chi connectivity index (χ1) is 16.4. The van der Waals surface area contributed by atoms with Crippen molar-refractivity contribution in [3.8, 4) is 5.75 Å². The Hall–Kier alpha value is -3.30. The molecule has 5 N–H and O–H groups in total. The van der Waals surface area contributed by atoms with E-state index in [0.29, 0.717) is 24.9 Å². The standard InChI is InChI=1S/C25H38N4O6/c1-5-6-14-27-22(32)21(16-8-7-9-18(30)15-16)29(17-10-11-17)23(33)19(12-13-20(26)31)28-24(34)35-25(2,3)4/h7-9,15,17,19,21,30H,5-6,10-14H2,1-4H3,(H2,26,31)(H,27,32)(H,28,34). The summed E-state index contributed by atoms with van der Waals surface area (Å²) in [4.78, 5) is 52.6. The minimum absolute atomic E-state index is 0.0331. The average Bonchev–Trinajstić information content (AvgIpc) is 3.58. The molecule has 2 atom stereocenters. The predicted molar refractivity (Wildman–Crippen MR) is 130 cm³/mol. The Morgan fingerprint density at radius 3 is 2.46 bits per heavy atom. The van der Waals surface area contributed by atoms with Crippen molar-refractivity contribution in [3.63, 3.8) is 0 Å². The van der Waals surface area contributed by atoms with Crippen molar-refractivity contribution in [2.45, 2.75) is 89.9 Å². The number of amides is 4. The number of unbranched alkanes of at least 4 members (excludes halogenated alkanes) is 1. The van der Waals surface area contributed by atoms with Crippen molar-refractivity contribution in [1.82, 2.24) is 15.5 Å². The van der Waals surface area contributed by atoms with Crippen LogP contribution in [0.1, 0.15) is 77.8 Å². The van der Waals surface area contributed by atoms with Crippen molar-refractivity contribution in [2.75, 3.05) is 6.54 Å². The van der Waals surface area contributed by atoms with Crippen molar-refractivity contribution in [3.05, 3.63) is 29.8 Å². The summed E-state index contributed by atoms with van der Waals surface area (Å²) in [5.74, 6) is -1.54. The van der Waals surface area contributed by atoms with Crippen LogP contribution in [0.15, 0.2) is 24.3 Å². The molecule has 1 saturated carbocycles. The van der Waals surface area contributed by atoms with Gasteiger partial charge in [-0.05, 0) is 64.2 Å². The Bertz CT molecular complexity index is 909. The van der Waals surface area contributed by atoms with E-state index in [0.717, 1.165) is 12.8 Å². The van der Waals surface area contributed by atoms with Gasteiger partial charge < -0.3 is 31.1 Å². The zero-order chi connectivity index (χ0) is 26.2. The van der Waals surface area contributed by atoms with E-state index in [9.17, 15) is 24.3 Å². The summed E-state index contributed by atoms with van der Waals surface area (Å²) >= 11 is 0. The number of carbonyl (C=O) groups excluding carboxylic acids is 4. The zero-order valence-electron chi connectivity index (χ0n) is 21.0. The number of phenols is 1. The van der Waals surface area contributed by atoms with Gasteiger partial charge in [0, 0.05) is 19.0 Å². The van der Waals surface area contributed by atoms with Crippen LogP contribution in [-0.2, 0) is 19.1 Å². The number of nitrogens with one attached hydrogen (secondary N) is 2. The van der Waals surface area contributed by atoms with Crippen LogP contribution in [0.25, 0.3) is 0 Å². The number of ether oxygens (including phenoxy) is 1. The van der Waals surface area contributed by atoms with E-state index in [1.54, 1.807) is 32.9 Å². The molecule has 1 aromatic rings. The van der Waals surface area contributed by atoms with Crippen LogP contribution in [0.2, 0.25) is 0 Å². The summed E-state index contributed by atoms with van der Waals surface area (Å²) in [7, 11) is 0. The van der Waals surface area contributed by atoms with Gasteiger partial charge in [0.15, 0.2) is 0 Å². The SMILES string of the molecule is CCCCNC(=O)C(c1cccc(O)c1)N(C(=O)C(CCC(N)=O)NC(=O)OC(C)(C)C)C1CC1. The van der Waals surface area contributed by atoms with E-state index in [-0.39, 0.29) is 30.5 Å². The number of carbonyl (C=O) groups is 4. The number of rotatable bonds is 12. The zero-order valence-corrected chi connectivity index (χ0v) is 21.0. The van der Waals surface area contributed by atoms with Gasteiger partial charge in [0.1, 0.15) is 23.4 Å². The molecule has 1 aliphatic carbocycles. The van der Waals surface area contributed by atoms with Crippen molar-refractivity contribution in [1.29, 1.82) is 0 Å². The molecule has 0 aliphatic heterocycles. The molecular formula is C25H38N4O6. The molecule has 0 bridgehead atoms. The second-order valence-corrected chi connectivity index (χ2v) is 9.82. The quantitative estimate of drug-likeness (QED) is 0.331. The molecule has 1 aromatic carbocycles. The summed E-state index contributed by atoms with van der Waals surface area (Å²) in [5.41, 5.74) is 4.96. The maximum absolute atomic E-state index is 13.8. The largest absolute Gasteiger partial charge is 0.508 e. The van der Waals surface area contributed by atoms with Crippen LogP contribution < -0.4 is 16.4 Å². The monoisotopic (exact) mass is 490 g/mol. The summed E-state index contributed by atoms with van der Waals surface area (Å²) < 4.78 is 5.31. The molecule has 1 fully saturated rings. The fourth-order valence-electron chi connectivity index (χ4n) is 3.66. The van der Waals surface area contributed by atoms with Gasteiger partial charge in [-0.2, -0.15) is 0 Å². The fraction of sp³-hybridized carbons (Fsp3) is 0.600. The molecule has 0 aromatic heterocycles. The third-order valence-corrected chi connectivity index (χ3v) is 5.41. The molecule has 10 nitrogen and oxygen atoms in total. The summed E-state index contributed by atoms with van der Waals surface area (Å²) in [6.45, 7) is 7.54. The molecule has 0 radical (unpaired) electrons. The molecule has 10 heteroatoms. The molecule has 2 rings (SSSR count). The van der Waals surface area contributed by atoms with Crippen LogP contribution in [0.3, 0.4) is 0 Å². The molecule has 0 spiro atoms. The van der Waals surface area contributed by atoms with Gasteiger partial charge in [-0.15, -0.1) is 0 Å². The number of benzene rings is 1. The molecule has 2 unspecified atom stereocenters. The Kier molecular flexibility index (Phi) is 9.91. The van der Waals surface area contributed by atoms with Gasteiger partial charge >= 0.3 is 6.09 Å². The van der Waals surface area contributed by atoms with E-state index < -0.39 is 35.6 Å². The number of alkyl carbamates (subject to hydrolysis) is 1. The number of hydrogen-bond donors (Lipinski definition) is 4. The highest BCUT2D eigenvalue weighted by atomic mass is 16.6. The second-order valence-electron chi connectivity index (χ2n) is 9.82. The molecule has 1 aliphatic rings. The number of primary amides is 1. The lowest BCUT2D eigenvalue weighted by Gasteiger charge is -2.34. The van der Waals surface area contributed by atoms with Crippen molar-refractivity contribution >= 4 is 23.8 Å². The second kappa shape index (κ2) is 12.4. The van der Waals surface area contributed by atoms with Gasteiger partial charge in [-0.25, -0.2) is 4.79 Å². The number of nitrogens with two attached hydrogens (primary N) is 1. The van der Waals surface area contributed by atoms with E-state index in [1.807, 2.05) is 6.92 Å². The highest BCUT2D eigenvalue weighted by Crippen LogP contribution is 2.36. The Labute approximate surface area is 206 Å². The lowest BCUT2D eigenvalue weighted by Crippen LogP contribution is -2.54. The molecule has 4 amide bonds. The van der Waals surface area contributed by atoms with Crippen LogP contribution in [0, 0.1) is 0 Å². The first-order valence-electron chi connectivity index (χ1n) is 12.1. The highest BCUT2D eigenvalue weighted by Gasteiger charge is 2.44. The minimum atomic E-state index is -1.12. The van der Waals surface area contributed by atoms with Crippen LogP contribution in [0.5, 0.6) is 5.75 Å². The van der Waals surface area contributed by atoms with Crippen molar-refractivity contribution in [2.24, 2.45) is 5.73 Å².